The molecule has 1 heterocycles. The topological polar surface area (TPSA) is 26.3 Å². The normalized spacial score (nSPS) is 45.3. The zero-order valence-corrected chi connectivity index (χ0v) is 6.17. The summed E-state index contributed by atoms with van der Waals surface area (Å²) in [5, 5.41) is 0. The summed E-state index contributed by atoms with van der Waals surface area (Å²) in [7, 11) is 0. The number of hydrogen-bond donors (Lipinski definition) is 0. The molecule has 2 aliphatic rings. The van der Waals surface area contributed by atoms with Crippen LogP contribution in [0.4, 0.5) is 0 Å². The predicted molar refractivity (Wildman–Crippen MR) is 36.3 cm³/mol. The first-order valence-electron chi connectivity index (χ1n) is 3.94. The molecule has 10 heavy (non-hydrogen) atoms. The molecule has 0 amide bonds. The van der Waals surface area contributed by atoms with Gasteiger partial charge in [-0.3, -0.25) is 4.79 Å². The molecule has 2 heteroatoms. The quantitative estimate of drug-likeness (QED) is 0.473. The molecule has 3 unspecified atom stereocenters. The lowest BCUT2D eigenvalue weighted by atomic mass is 9.98. The molecule has 0 aromatic rings. The van der Waals surface area contributed by atoms with Crippen molar-refractivity contribution < 1.29 is 9.53 Å². The van der Waals surface area contributed by atoms with Gasteiger partial charge >= 0.3 is 5.97 Å². The van der Waals surface area contributed by atoms with Crippen molar-refractivity contribution in [2.75, 3.05) is 6.61 Å². The van der Waals surface area contributed by atoms with Gasteiger partial charge in [-0.15, -0.1) is 0 Å². The highest BCUT2D eigenvalue weighted by atomic mass is 16.5. The minimum atomic E-state index is 0.0428. The smallest absolute Gasteiger partial charge is 0.309 e. The maximum Gasteiger partial charge on any atom is 0.309 e. The molecule has 1 saturated carbocycles. The zero-order valence-electron chi connectivity index (χ0n) is 6.17. The van der Waals surface area contributed by atoms with Crippen LogP contribution in [-0.2, 0) is 9.53 Å². The Morgan fingerprint density at radius 3 is 3.00 bits per heavy atom. The molecule has 0 N–H and O–H groups in total. The highest BCUT2D eigenvalue weighted by molar-refractivity contribution is 5.74. The summed E-state index contributed by atoms with van der Waals surface area (Å²) < 4.78 is 5.00. The molecular weight excluding hydrogens is 128 g/mol. The number of hydrogen-bond acceptors (Lipinski definition) is 2. The molecule has 0 spiro atoms. The van der Waals surface area contributed by atoms with Crippen molar-refractivity contribution in [2.45, 2.75) is 19.8 Å². The van der Waals surface area contributed by atoms with E-state index in [0.717, 1.165) is 6.42 Å². The average Bonchev–Trinajstić information content (AvgIpc) is 2.21. The molecule has 0 aromatic heterocycles. The first kappa shape index (κ1) is 6.20. The highest BCUT2D eigenvalue weighted by Gasteiger charge is 2.41. The van der Waals surface area contributed by atoms with Gasteiger partial charge in [0.25, 0.3) is 0 Å². The van der Waals surface area contributed by atoms with Gasteiger partial charge < -0.3 is 4.74 Å². The van der Waals surface area contributed by atoms with Crippen LogP contribution in [0, 0.1) is 17.8 Å². The maximum absolute atomic E-state index is 11.0. The number of rotatable bonds is 0. The molecule has 2 bridgehead atoms. The molecule has 2 nitrogen and oxygen atoms in total. The van der Waals surface area contributed by atoms with Gasteiger partial charge in [-0.1, -0.05) is 6.92 Å². The fraction of sp³-hybridized carbons (Fsp3) is 0.875. The second-order valence-corrected chi connectivity index (χ2v) is 3.55. The Morgan fingerprint density at radius 2 is 2.30 bits per heavy atom. The van der Waals surface area contributed by atoms with E-state index in [9.17, 15) is 4.79 Å². The number of cyclic esters (lactones) is 1. The van der Waals surface area contributed by atoms with Crippen molar-refractivity contribution in [3.63, 3.8) is 0 Å². The minimum absolute atomic E-state index is 0.0428. The first-order chi connectivity index (χ1) is 4.77. The number of ether oxygens (including phenoxy) is 1. The third-order valence-corrected chi connectivity index (χ3v) is 2.74. The second-order valence-electron chi connectivity index (χ2n) is 3.55. The molecule has 56 valence electrons. The molecule has 1 aliphatic carbocycles. The SMILES string of the molecule is CC1CC2COC(=O)C1C2. The Labute approximate surface area is 60.6 Å². The van der Waals surface area contributed by atoms with E-state index in [-0.39, 0.29) is 11.9 Å². The molecular formula is C8H12O2. The third-order valence-electron chi connectivity index (χ3n) is 2.74. The van der Waals surface area contributed by atoms with E-state index >= 15 is 0 Å². The van der Waals surface area contributed by atoms with Crippen LogP contribution in [0.15, 0.2) is 0 Å². The van der Waals surface area contributed by atoms with Gasteiger partial charge in [-0.05, 0) is 24.7 Å². The van der Waals surface area contributed by atoms with E-state index in [1.54, 1.807) is 0 Å². The number of fused-ring (bicyclic) bond motifs is 2. The Morgan fingerprint density at radius 1 is 1.50 bits per heavy atom. The van der Waals surface area contributed by atoms with E-state index in [4.69, 9.17) is 4.74 Å². The van der Waals surface area contributed by atoms with Crippen LogP contribution in [0.3, 0.4) is 0 Å². The fourth-order valence-corrected chi connectivity index (χ4v) is 2.15. The van der Waals surface area contributed by atoms with Gasteiger partial charge in [0.05, 0.1) is 12.5 Å². The van der Waals surface area contributed by atoms with Crippen molar-refractivity contribution in [3.8, 4) is 0 Å². The summed E-state index contributed by atoms with van der Waals surface area (Å²) >= 11 is 0. The van der Waals surface area contributed by atoms with Crippen LogP contribution in [0.25, 0.3) is 0 Å². The molecule has 0 aromatic carbocycles. The van der Waals surface area contributed by atoms with E-state index < -0.39 is 0 Å². The third kappa shape index (κ3) is 0.746. The average molecular weight is 140 g/mol. The summed E-state index contributed by atoms with van der Waals surface area (Å²) in [6.07, 6.45) is 2.27. The zero-order chi connectivity index (χ0) is 7.14. The van der Waals surface area contributed by atoms with E-state index in [0.29, 0.717) is 18.4 Å². The van der Waals surface area contributed by atoms with Crippen LogP contribution >= 0.6 is 0 Å². The molecule has 2 rings (SSSR count). The number of carbonyl (C=O) groups excluding carboxylic acids is 1. The van der Waals surface area contributed by atoms with E-state index in [2.05, 4.69) is 6.92 Å². The Bertz CT molecular complexity index is 165. The molecule has 1 saturated heterocycles. The van der Waals surface area contributed by atoms with Crippen LogP contribution in [0.1, 0.15) is 19.8 Å². The van der Waals surface area contributed by atoms with Gasteiger partial charge in [0.15, 0.2) is 0 Å². The largest absolute Gasteiger partial charge is 0.465 e. The lowest BCUT2D eigenvalue weighted by Gasteiger charge is -2.18. The Hall–Kier alpha value is -0.530. The van der Waals surface area contributed by atoms with Crippen LogP contribution in [-0.4, -0.2) is 12.6 Å². The van der Waals surface area contributed by atoms with Gasteiger partial charge in [-0.25, -0.2) is 0 Å². The predicted octanol–water partition coefficient (Wildman–Crippen LogP) is 1.21. The monoisotopic (exact) mass is 140 g/mol. The van der Waals surface area contributed by atoms with Crippen molar-refractivity contribution in [3.05, 3.63) is 0 Å². The van der Waals surface area contributed by atoms with Crippen molar-refractivity contribution >= 4 is 5.97 Å². The summed E-state index contributed by atoms with van der Waals surface area (Å²) in [6, 6.07) is 0. The number of carbonyl (C=O) groups is 1. The fourth-order valence-electron chi connectivity index (χ4n) is 2.15. The van der Waals surface area contributed by atoms with Crippen LogP contribution < -0.4 is 0 Å². The summed E-state index contributed by atoms with van der Waals surface area (Å²) in [5.74, 6) is 1.53. The minimum Gasteiger partial charge on any atom is -0.465 e. The van der Waals surface area contributed by atoms with Crippen molar-refractivity contribution in [2.24, 2.45) is 17.8 Å². The molecule has 3 atom stereocenters. The molecule has 0 radical (unpaired) electrons. The summed E-state index contributed by atoms with van der Waals surface area (Å²) in [4.78, 5) is 11.0. The van der Waals surface area contributed by atoms with Crippen molar-refractivity contribution in [1.29, 1.82) is 0 Å². The van der Waals surface area contributed by atoms with Gasteiger partial charge in [0.2, 0.25) is 0 Å². The Kier molecular flexibility index (Phi) is 1.22. The van der Waals surface area contributed by atoms with Gasteiger partial charge in [-0.2, -0.15) is 0 Å². The second kappa shape index (κ2) is 1.97. The first-order valence-corrected chi connectivity index (χ1v) is 3.94. The van der Waals surface area contributed by atoms with Gasteiger partial charge in [0, 0.05) is 0 Å². The lowest BCUT2D eigenvalue weighted by molar-refractivity contribution is -0.153. The lowest BCUT2D eigenvalue weighted by Crippen LogP contribution is -2.25. The Balaban J connectivity index is 2.17. The number of esters is 1. The van der Waals surface area contributed by atoms with E-state index in [1.165, 1.54) is 6.42 Å². The van der Waals surface area contributed by atoms with E-state index in [1.807, 2.05) is 0 Å². The summed E-state index contributed by atoms with van der Waals surface area (Å²) in [5.41, 5.74) is 0. The van der Waals surface area contributed by atoms with Crippen LogP contribution in [0.5, 0.6) is 0 Å². The van der Waals surface area contributed by atoms with Gasteiger partial charge in [0.1, 0.15) is 0 Å². The van der Waals surface area contributed by atoms with Crippen molar-refractivity contribution in [1.82, 2.24) is 0 Å². The summed E-state index contributed by atoms with van der Waals surface area (Å²) in [6.45, 7) is 2.83. The maximum atomic E-state index is 11.0. The molecule has 2 fully saturated rings. The molecule has 1 aliphatic heterocycles. The highest BCUT2D eigenvalue weighted by Crippen LogP contribution is 2.40. The standard InChI is InChI=1S/C8H12O2/c1-5-2-6-3-7(5)8(9)10-4-6/h5-7H,2-4H2,1H3. The van der Waals surface area contributed by atoms with Crippen LogP contribution in [0.2, 0.25) is 0 Å².